The molecule has 5 heteroatoms. The molecule has 1 aromatic heterocycles. The number of rotatable bonds is 0. The summed E-state index contributed by atoms with van der Waals surface area (Å²) in [5, 5.41) is 0.107. The Balaban J connectivity index is 3.09. The third-order valence-electron chi connectivity index (χ3n) is 1.14. The van der Waals surface area contributed by atoms with E-state index >= 15 is 0 Å². The summed E-state index contributed by atoms with van der Waals surface area (Å²) in [6.07, 6.45) is 0.924. The quantitative estimate of drug-likeness (QED) is 0.493. The highest BCUT2D eigenvalue weighted by atomic mass is 35.5. The SMILES string of the molecule is NC(=O)C#Cc1cc(Cl)ncc1F. The fraction of sp³-hybridized carbons (Fsp3) is 0. The summed E-state index contributed by atoms with van der Waals surface area (Å²) < 4.78 is 12.8. The lowest BCUT2D eigenvalue weighted by molar-refractivity contribution is -0.112. The highest BCUT2D eigenvalue weighted by molar-refractivity contribution is 6.29. The molecule has 0 atom stereocenters. The van der Waals surface area contributed by atoms with Crippen molar-refractivity contribution >= 4 is 17.5 Å². The number of carbonyl (C=O) groups is 1. The normalized spacial score (nSPS) is 8.77. The predicted octanol–water partition coefficient (Wildman–Crippen LogP) is 0.711. The van der Waals surface area contributed by atoms with Gasteiger partial charge in [-0.05, 0) is 6.07 Å². The van der Waals surface area contributed by atoms with E-state index in [1.54, 1.807) is 0 Å². The maximum atomic E-state index is 12.8. The molecule has 1 rings (SSSR count). The molecule has 0 aliphatic rings. The van der Waals surface area contributed by atoms with Crippen molar-refractivity contribution in [3.05, 3.63) is 28.8 Å². The molecule has 0 aromatic carbocycles. The number of nitrogens with zero attached hydrogens (tertiary/aromatic N) is 1. The average molecular weight is 199 g/mol. The molecular weight excluding hydrogens is 195 g/mol. The van der Waals surface area contributed by atoms with Crippen molar-refractivity contribution in [2.24, 2.45) is 5.73 Å². The summed E-state index contributed by atoms with van der Waals surface area (Å²) >= 11 is 5.47. The summed E-state index contributed by atoms with van der Waals surface area (Å²) in [6, 6.07) is 1.22. The number of aromatic nitrogens is 1. The van der Waals surface area contributed by atoms with Gasteiger partial charge in [0, 0.05) is 5.92 Å². The van der Waals surface area contributed by atoms with Crippen molar-refractivity contribution in [3.8, 4) is 11.8 Å². The topological polar surface area (TPSA) is 56.0 Å². The standard InChI is InChI=1S/C8H4ClFN2O/c9-7-3-5(1-2-8(11)13)6(10)4-12-7/h3-4H,(H2,11,13). The first-order valence-corrected chi connectivity index (χ1v) is 3.60. The molecular formula is C8H4ClFN2O. The number of amides is 1. The molecule has 1 heterocycles. The van der Waals surface area contributed by atoms with Crippen LogP contribution in [0.25, 0.3) is 0 Å². The van der Waals surface area contributed by atoms with Gasteiger partial charge in [-0.25, -0.2) is 9.37 Å². The summed E-state index contributed by atoms with van der Waals surface area (Å²) in [5.41, 5.74) is 4.74. The Kier molecular flexibility index (Phi) is 2.83. The first-order chi connectivity index (χ1) is 6.09. The van der Waals surface area contributed by atoms with E-state index in [4.69, 9.17) is 17.3 Å². The minimum Gasteiger partial charge on any atom is -0.359 e. The van der Waals surface area contributed by atoms with Crippen molar-refractivity contribution in [1.82, 2.24) is 4.98 Å². The molecule has 1 amide bonds. The molecule has 0 spiro atoms. The molecule has 2 N–H and O–H groups in total. The zero-order valence-corrected chi connectivity index (χ0v) is 7.10. The van der Waals surface area contributed by atoms with Gasteiger partial charge in [-0.1, -0.05) is 17.5 Å². The number of hydrogen-bond acceptors (Lipinski definition) is 2. The zero-order valence-electron chi connectivity index (χ0n) is 6.34. The third kappa shape index (κ3) is 2.73. The molecule has 0 aliphatic carbocycles. The molecule has 0 aliphatic heterocycles. The molecule has 1 aromatic rings. The Morgan fingerprint density at radius 1 is 1.69 bits per heavy atom. The molecule has 0 radical (unpaired) electrons. The van der Waals surface area contributed by atoms with Crippen LogP contribution in [-0.2, 0) is 4.79 Å². The monoisotopic (exact) mass is 198 g/mol. The van der Waals surface area contributed by atoms with Crippen LogP contribution in [0, 0.1) is 17.7 Å². The predicted molar refractivity (Wildman–Crippen MR) is 45.3 cm³/mol. The van der Waals surface area contributed by atoms with Crippen LogP contribution in [-0.4, -0.2) is 10.9 Å². The molecule has 3 nitrogen and oxygen atoms in total. The van der Waals surface area contributed by atoms with Gasteiger partial charge in [0.2, 0.25) is 0 Å². The summed E-state index contributed by atoms with van der Waals surface area (Å²) in [4.78, 5) is 13.7. The van der Waals surface area contributed by atoms with Crippen LogP contribution in [0.4, 0.5) is 4.39 Å². The van der Waals surface area contributed by atoms with Gasteiger partial charge in [0.1, 0.15) is 5.15 Å². The van der Waals surface area contributed by atoms with Crippen LogP contribution in [0.15, 0.2) is 12.3 Å². The lowest BCUT2D eigenvalue weighted by Crippen LogP contribution is -2.06. The van der Waals surface area contributed by atoms with Gasteiger partial charge in [-0.2, -0.15) is 0 Å². The van der Waals surface area contributed by atoms with E-state index in [9.17, 15) is 9.18 Å². The first kappa shape index (κ1) is 9.49. The number of pyridine rings is 1. The summed E-state index contributed by atoms with van der Waals surface area (Å²) in [7, 11) is 0. The van der Waals surface area contributed by atoms with Crippen molar-refractivity contribution in [2.45, 2.75) is 0 Å². The number of hydrogen-bond donors (Lipinski definition) is 1. The molecule has 66 valence electrons. The Morgan fingerprint density at radius 2 is 2.38 bits per heavy atom. The van der Waals surface area contributed by atoms with Gasteiger partial charge >= 0.3 is 0 Å². The molecule has 13 heavy (non-hydrogen) atoms. The minimum atomic E-state index is -0.827. The smallest absolute Gasteiger partial charge is 0.293 e. The van der Waals surface area contributed by atoms with E-state index in [-0.39, 0.29) is 10.7 Å². The lowest BCUT2D eigenvalue weighted by atomic mass is 10.2. The van der Waals surface area contributed by atoms with Crippen LogP contribution in [0.3, 0.4) is 0 Å². The second-order valence-electron chi connectivity index (χ2n) is 2.10. The van der Waals surface area contributed by atoms with Gasteiger partial charge in [0.15, 0.2) is 5.82 Å². The lowest BCUT2D eigenvalue weighted by Gasteiger charge is -1.92. The molecule has 0 unspecified atom stereocenters. The highest BCUT2D eigenvalue weighted by Crippen LogP contribution is 2.09. The van der Waals surface area contributed by atoms with Gasteiger partial charge in [0.05, 0.1) is 11.8 Å². The van der Waals surface area contributed by atoms with E-state index in [0.29, 0.717) is 0 Å². The van der Waals surface area contributed by atoms with E-state index < -0.39 is 11.7 Å². The van der Waals surface area contributed by atoms with Crippen molar-refractivity contribution in [2.75, 3.05) is 0 Å². The largest absolute Gasteiger partial charge is 0.359 e. The molecule has 0 bridgehead atoms. The van der Waals surface area contributed by atoms with Gasteiger partial charge < -0.3 is 5.73 Å². The third-order valence-corrected chi connectivity index (χ3v) is 1.35. The van der Waals surface area contributed by atoms with Crippen LogP contribution in [0.2, 0.25) is 5.15 Å². The van der Waals surface area contributed by atoms with Crippen LogP contribution >= 0.6 is 11.6 Å². The Hall–Kier alpha value is -1.60. The number of primary amides is 1. The highest BCUT2D eigenvalue weighted by Gasteiger charge is 2.00. The number of nitrogens with two attached hydrogens (primary N) is 1. The van der Waals surface area contributed by atoms with E-state index in [1.807, 2.05) is 5.92 Å². The average Bonchev–Trinajstić information content (AvgIpc) is 2.06. The van der Waals surface area contributed by atoms with E-state index in [2.05, 4.69) is 10.9 Å². The zero-order chi connectivity index (χ0) is 9.84. The minimum absolute atomic E-state index is 0.00111. The van der Waals surface area contributed by atoms with Gasteiger partial charge in [-0.3, -0.25) is 4.79 Å². The van der Waals surface area contributed by atoms with Crippen LogP contribution in [0.1, 0.15) is 5.56 Å². The van der Waals surface area contributed by atoms with Crippen molar-refractivity contribution < 1.29 is 9.18 Å². The first-order valence-electron chi connectivity index (χ1n) is 3.22. The number of carbonyl (C=O) groups excluding carboxylic acids is 1. The summed E-state index contributed by atoms with van der Waals surface area (Å²) in [5.74, 6) is 2.75. The Bertz CT molecular complexity index is 408. The maximum absolute atomic E-state index is 12.8. The van der Waals surface area contributed by atoms with Gasteiger partial charge in [-0.15, -0.1) is 0 Å². The molecule has 0 saturated carbocycles. The van der Waals surface area contributed by atoms with Crippen LogP contribution < -0.4 is 5.73 Å². The van der Waals surface area contributed by atoms with Gasteiger partial charge in [0.25, 0.3) is 5.91 Å². The molecule has 0 fully saturated rings. The second kappa shape index (κ2) is 3.87. The Labute approximate surface area is 78.7 Å². The summed E-state index contributed by atoms with van der Waals surface area (Å²) in [6.45, 7) is 0. The van der Waals surface area contributed by atoms with Crippen LogP contribution in [0.5, 0.6) is 0 Å². The van der Waals surface area contributed by atoms with Crippen molar-refractivity contribution in [1.29, 1.82) is 0 Å². The fourth-order valence-corrected chi connectivity index (χ4v) is 0.796. The maximum Gasteiger partial charge on any atom is 0.293 e. The molecule has 0 saturated heterocycles. The number of halogens is 2. The fourth-order valence-electron chi connectivity index (χ4n) is 0.638. The Morgan fingerprint density at radius 3 is 3.00 bits per heavy atom. The second-order valence-corrected chi connectivity index (χ2v) is 2.49. The van der Waals surface area contributed by atoms with Crippen molar-refractivity contribution in [3.63, 3.8) is 0 Å². The van der Waals surface area contributed by atoms with E-state index in [0.717, 1.165) is 6.20 Å². The van der Waals surface area contributed by atoms with E-state index in [1.165, 1.54) is 6.07 Å².